The minimum Gasteiger partial charge on any atom is -0.480 e. The first kappa shape index (κ1) is 18.2. The molecule has 1 atom stereocenters. The molecule has 0 saturated heterocycles. The number of halogens is 1. The monoisotopic (exact) mass is 370 g/mol. The molecule has 0 radical (unpaired) electrons. The molecule has 6 nitrogen and oxygen atoms in total. The van der Waals surface area contributed by atoms with E-state index in [9.17, 15) is 14.4 Å². The van der Waals surface area contributed by atoms with Gasteiger partial charge in [0.25, 0.3) is 5.91 Å². The second kappa shape index (κ2) is 7.93. The average molecular weight is 371 g/mol. The number of rotatable bonds is 6. The molecular weight excluding hydrogens is 352 g/mol. The van der Waals surface area contributed by atoms with E-state index in [-0.39, 0.29) is 24.9 Å². The van der Waals surface area contributed by atoms with Crippen molar-refractivity contribution in [2.24, 2.45) is 0 Å². The van der Waals surface area contributed by atoms with Gasteiger partial charge in [0, 0.05) is 30.0 Å². The molecule has 120 valence electrons. The zero-order valence-electron chi connectivity index (χ0n) is 12.7. The molecule has 1 rings (SSSR count). The zero-order valence-corrected chi connectivity index (χ0v) is 14.3. The Morgan fingerprint density at radius 1 is 1.36 bits per heavy atom. The van der Waals surface area contributed by atoms with Crippen LogP contribution < -0.4 is 5.32 Å². The van der Waals surface area contributed by atoms with Gasteiger partial charge in [-0.05, 0) is 37.6 Å². The highest BCUT2D eigenvalue weighted by molar-refractivity contribution is 9.10. The van der Waals surface area contributed by atoms with Crippen molar-refractivity contribution in [2.75, 3.05) is 13.1 Å². The van der Waals surface area contributed by atoms with E-state index in [0.717, 1.165) is 10.0 Å². The molecule has 0 bridgehead atoms. The summed E-state index contributed by atoms with van der Waals surface area (Å²) < 4.78 is 0.875. The molecule has 0 aliphatic rings. The summed E-state index contributed by atoms with van der Waals surface area (Å²) >= 11 is 3.36. The van der Waals surface area contributed by atoms with Crippen LogP contribution in [0, 0.1) is 6.92 Å². The first-order chi connectivity index (χ1) is 10.2. The van der Waals surface area contributed by atoms with Crippen LogP contribution in [-0.4, -0.2) is 46.9 Å². The number of hydrogen-bond acceptors (Lipinski definition) is 3. The second-order valence-electron chi connectivity index (χ2n) is 4.96. The van der Waals surface area contributed by atoms with Crippen LogP contribution in [0.15, 0.2) is 22.7 Å². The highest BCUT2D eigenvalue weighted by Gasteiger charge is 2.26. The van der Waals surface area contributed by atoms with Gasteiger partial charge in [0.2, 0.25) is 5.91 Å². The molecule has 1 unspecified atom stereocenters. The fourth-order valence-corrected chi connectivity index (χ4v) is 2.15. The van der Waals surface area contributed by atoms with Gasteiger partial charge >= 0.3 is 5.97 Å². The van der Waals surface area contributed by atoms with Gasteiger partial charge in [-0.2, -0.15) is 0 Å². The van der Waals surface area contributed by atoms with Crippen molar-refractivity contribution < 1.29 is 19.5 Å². The van der Waals surface area contributed by atoms with Crippen molar-refractivity contribution in [1.82, 2.24) is 10.2 Å². The van der Waals surface area contributed by atoms with Crippen molar-refractivity contribution in [1.29, 1.82) is 0 Å². The van der Waals surface area contributed by atoms with Crippen molar-refractivity contribution in [3.8, 4) is 0 Å². The van der Waals surface area contributed by atoms with Crippen molar-refractivity contribution >= 4 is 33.7 Å². The van der Waals surface area contributed by atoms with Gasteiger partial charge in [-0.15, -0.1) is 0 Å². The number of hydrogen-bond donors (Lipinski definition) is 2. The molecule has 0 aliphatic heterocycles. The van der Waals surface area contributed by atoms with Gasteiger partial charge < -0.3 is 15.3 Å². The van der Waals surface area contributed by atoms with E-state index in [4.69, 9.17) is 5.11 Å². The van der Waals surface area contributed by atoms with Crippen molar-refractivity contribution in [3.05, 3.63) is 33.8 Å². The van der Waals surface area contributed by atoms with Crippen LogP contribution in [-0.2, 0) is 9.59 Å². The largest absolute Gasteiger partial charge is 0.480 e. The smallest absolute Gasteiger partial charge is 0.326 e. The van der Waals surface area contributed by atoms with Gasteiger partial charge in [0.05, 0.1) is 0 Å². The fourth-order valence-electron chi connectivity index (χ4n) is 1.90. The predicted octanol–water partition coefficient (Wildman–Crippen LogP) is 1.81. The Kier molecular flexibility index (Phi) is 6.55. The first-order valence-corrected chi connectivity index (χ1v) is 7.57. The van der Waals surface area contributed by atoms with Crippen LogP contribution in [0.4, 0.5) is 0 Å². The molecule has 0 aliphatic carbocycles. The molecule has 0 heterocycles. The lowest BCUT2D eigenvalue weighted by atomic mass is 10.1. The van der Waals surface area contributed by atoms with E-state index in [2.05, 4.69) is 21.2 Å². The fraction of sp³-hybridized carbons (Fsp3) is 0.400. The quantitative estimate of drug-likeness (QED) is 0.799. The van der Waals surface area contributed by atoms with E-state index < -0.39 is 12.0 Å². The Labute approximate surface area is 137 Å². The number of nitrogens with zero attached hydrogens (tertiary/aromatic N) is 1. The number of aryl methyl sites for hydroxylation is 1. The summed E-state index contributed by atoms with van der Waals surface area (Å²) in [6.45, 7) is 4.99. The lowest BCUT2D eigenvalue weighted by Crippen LogP contribution is -2.46. The maximum Gasteiger partial charge on any atom is 0.326 e. The number of carbonyl (C=O) groups is 3. The second-order valence-corrected chi connectivity index (χ2v) is 5.81. The van der Waals surface area contributed by atoms with Gasteiger partial charge in [-0.3, -0.25) is 9.59 Å². The molecule has 0 fully saturated rings. The maximum absolute atomic E-state index is 12.6. The van der Waals surface area contributed by atoms with Crippen molar-refractivity contribution in [3.63, 3.8) is 0 Å². The zero-order chi connectivity index (χ0) is 16.9. The molecule has 0 saturated carbocycles. The SMILES string of the molecule is CC(=O)NCCN(C(=O)c1ccc(Br)c(C)c1)C(C)C(=O)O. The highest BCUT2D eigenvalue weighted by atomic mass is 79.9. The van der Waals surface area contributed by atoms with Gasteiger partial charge in [0.15, 0.2) is 0 Å². The molecule has 7 heteroatoms. The number of aliphatic carboxylic acids is 1. The lowest BCUT2D eigenvalue weighted by molar-refractivity contribution is -0.141. The van der Waals surface area contributed by atoms with Gasteiger partial charge in [-0.1, -0.05) is 15.9 Å². The molecule has 1 aromatic carbocycles. The summed E-state index contributed by atoms with van der Waals surface area (Å²) in [6, 6.07) is 4.11. The summed E-state index contributed by atoms with van der Waals surface area (Å²) in [6.07, 6.45) is 0. The van der Waals surface area contributed by atoms with Crippen LogP contribution in [0.2, 0.25) is 0 Å². The highest BCUT2D eigenvalue weighted by Crippen LogP contribution is 2.18. The van der Waals surface area contributed by atoms with Crippen molar-refractivity contribution in [2.45, 2.75) is 26.8 Å². The number of carboxylic acid groups (broad SMARTS) is 1. The predicted molar refractivity (Wildman–Crippen MR) is 85.7 cm³/mol. The standard InChI is InChI=1S/C15H19BrN2O4/c1-9-8-12(4-5-13(9)16)14(20)18(10(2)15(21)22)7-6-17-11(3)19/h4-5,8,10H,6-7H2,1-3H3,(H,17,19)(H,21,22). The number of amides is 2. The van der Waals surface area contributed by atoms with Crippen LogP contribution >= 0.6 is 15.9 Å². The summed E-state index contributed by atoms with van der Waals surface area (Å²) in [7, 11) is 0. The topological polar surface area (TPSA) is 86.7 Å². The van der Waals surface area contributed by atoms with Crippen LogP contribution in [0.3, 0.4) is 0 Å². The molecular formula is C15H19BrN2O4. The molecule has 2 amide bonds. The summed E-state index contributed by atoms with van der Waals surface area (Å²) in [5, 5.41) is 11.7. The normalized spacial score (nSPS) is 11.6. The molecule has 22 heavy (non-hydrogen) atoms. The first-order valence-electron chi connectivity index (χ1n) is 6.78. The maximum atomic E-state index is 12.6. The summed E-state index contributed by atoms with van der Waals surface area (Å²) in [5.74, 6) is -1.70. The molecule has 2 N–H and O–H groups in total. The average Bonchev–Trinajstić information content (AvgIpc) is 2.44. The van der Waals surface area contributed by atoms with Gasteiger partial charge in [-0.25, -0.2) is 4.79 Å². The minimum atomic E-state index is -1.09. The molecule has 1 aromatic rings. The third-order valence-corrected chi connectivity index (χ3v) is 4.11. The van der Waals surface area contributed by atoms with Gasteiger partial charge in [0.1, 0.15) is 6.04 Å². The molecule has 0 spiro atoms. The Morgan fingerprint density at radius 3 is 2.50 bits per heavy atom. The third-order valence-electron chi connectivity index (χ3n) is 3.22. The van der Waals surface area contributed by atoms with Crippen LogP contribution in [0.25, 0.3) is 0 Å². The van der Waals surface area contributed by atoms with E-state index in [1.165, 1.54) is 18.7 Å². The van der Waals surface area contributed by atoms with E-state index >= 15 is 0 Å². The lowest BCUT2D eigenvalue weighted by Gasteiger charge is -2.27. The number of carbonyl (C=O) groups excluding carboxylic acids is 2. The Bertz CT molecular complexity index is 589. The van der Waals surface area contributed by atoms with Crippen LogP contribution in [0.5, 0.6) is 0 Å². The Hall–Kier alpha value is -1.89. The van der Waals surface area contributed by atoms with E-state index in [1.54, 1.807) is 18.2 Å². The Morgan fingerprint density at radius 2 is 2.00 bits per heavy atom. The number of nitrogens with one attached hydrogen (secondary N) is 1. The minimum absolute atomic E-state index is 0.126. The van der Waals surface area contributed by atoms with E-state index in [0.29, 0.717) is 5.56 Å². The summed E-state index contributed by atoms with van der Waals surface area (Å²) in [4.78, 5) is 35.9. The Balaban J connectivity index is 2.97. The third kappa shape index (κ3) is 4.84. The number of carboxylic acids is 1. The number of benzene rings is 1. The van der Waals surface area contributed by atoms with Crippen LogP contribution in [0.1, 0.15) is 29.8 Å². The van der Waals surface area contributed by atoms with E-state index in [1.807, 2.05) is 6.92 Å². The summed E-state index contributed by atoms with van der Waals surface area (Å²) in [5.41, 5.74) is 1.30. The molecule has 0 aromatic heterocycles.